The summed E-state index contributed by atoms with van der Waals surface area (Å²) >= 11 is 0. The van der Waals surface area contributed by atoms with Gasteiger partial charge in [0.15, 0.2) is 0 Å². The van der Waals surface area contributed by atoms with Crippen LogP contribution in [-0.4, -0.2) is 46.2 Å². The van der Waals surface area contributed by atoms with Crippen molar-refractivity contribution in [1.82, 2.24) is 9.80 Å². The van der Waals surface area contributed by atoms with Gasteiger partial charge in [0, 0.05) is 49.3 Å². The Bertz CT molecular complexity index is 1050. The molecule has 1 spiro atoms. The summed E-state index contributed by atoms with van der Waals surface area (Å²) in [6.45, 7) is 2.53. The van der Waals surface area contributed by atoms with E-state index in [0.717, 1.165) is 13.1 Å². The van der Waals surface area contributed by atoms with E-state index in [9.17, 15) is 13.9 Å². The lowest BCUT2D eigenvalue weighted by atomic mass is 9.60. The molecule has 31 heavy (non-hydrogen) atoms. The van der Waals surface area contributed by atoms with Gasteiger partial charge in [-0.1, -0.05) is 66.7 Å². The minimum atomic E-state index is -0.222. The zero-order valence-electron chi connectivity index (χ0n) is 17.3. The fourth-order valence-electron chi connectivity index (χ4n) is 5.53. The van der Waals surface area contributed by atoms with E-state index in [1.54, 1.807) is 12.1 Å². The van der Waals surface area contributed by atoms with Gasteiger partial charge in [-0.2, -0.15) is 0 Å². The Kier molecular flexibility index (Phi) is 5.34. The average molecular weight is 421 g/mol. The summed E-state index contributed by atoms with van der Waals surface area (Å²) in [4.78, 5) is 4.48. The molecule has 0 saturated carbocycles. The van der Waals surface area contributed by atoms with Crippen molar-refractivity contribution < 1.29 is 13.9 Å². The molecular formula is C26H26F2N2O. The van der Waals surface area contributed by atoms with Crippen molar-refractivity contribution in [2.75, 3.05) is 19.7 Å². The zero-order chi connectivity index (χ0) is 21.4. The Balaban J connectivity index is 1.42. The number of nitrogens with zero attached hydrogens (tertiary/aromatic N) is 2. The average Bonchev–Trinajstić information content (AvgIpc) is 2.75. The largest absolute Gasteiger partial charge is 0.395 e. The third kappa shape index (κ3) is 3.47. The second kappa shape index (κ2) is 8.15. The molecule has 3 aromatic rings. The van der Waals surface area contributed by atoms with Crippen molar-refractivity contribution in [3.05, 3.63) is 107 Å². The van der Waals surface area contributed by atoms with Gasteiger partial charge in [-0.25, -0.2) is 8.78 Å². The van der Waals surface area contributed by atoms with E-state index in [1.807, 2.05) is 42.5 Å². The first-order valence-electron chi connectivity index (χ1n) is 10.7. The van der Waals surface area contributed by atoms with Gasteiger partial charge in [0.05, 0.1) is 12.1 Å². The van der Waals surface area contributed by atoms with Crippen LogP contribution in [-0.2, 0) is 13.1 Å². The maximum Gasteiger partial charge on any atom is 0.127 e. The molecule has 3 aromatic carbocycles. The molecule has 0 bridgehead atoms. The molecule has 5 heteroatoms. The highest BCUT2D eigenvalue weighted by Gasteiger charge is 2.65. The van der Waals surface area contributed by atoms with E-state index in [-0.39, 0.29) is 35.7 Å². The van der Waals surface area contributed by atoms with Gasteiger partial charge in [-0.3, -0.25) is 9.80 Å². The molecule has 2 atom stereocenters. The van der Waals surface area contributed by atoms with Crippen molar-refractivity contribution in [1.29, 1.82) is 0 Å². The van der Waals surface area contributed by atoms with Crippen LogP contribution < -0.4 is 0 Å². The number of likely N-dealkylation sites (tertiary alicyclic amines) is 2. The van der Waals surface area contributed by atoms with E-state index in [0.29, 0.717) is 24.2 Å². The summed E-state index contributed by atoms with van der Waals surface area (Å²) in [5.74, 6) is -0.254. The van der Waals surface area contributed by atoms with Crippen LogP contribution in [0.3, 0.4) is 0 Å². The van der Waals surface area contributed by atoms with Crippen LogP contribution in [0, 0.1) is 11.6 Å². The standard InChI is InChI=1S/C26H26F2N2O/c27-22-12-6-4-10-20(22)14-29-17-26(18-29)25(19-8-2-1-3-9-19)24(16-31)30(26)15-21-11-5-7-13-23(21)28/h1-13,24-25,31H,14-18H2/t24-,25+/m0/s1. The molecule has 2 saturated heterocycles. The van der Waals surface area contributed by atoms with E-state index < -0.39 is 0 Å². The smallest absolute Gasteiger partial charge is 0.127 e. The molecule has 160 valence electrons. The second-order valence-corrected chi connectivity index (χ2v) is 8.70. The van der Waals surface area contributed by atoms with Crippen molar-refractivity contribution in [3.8, 4) is 0 Å². The fourth-order valence-corrected chi connectivity index (χ4v) is 5.53. The fraction of sp³-hybridized carbons (Fsp3) is 0.308. The van der Waals surface area contributed by atoms with Crippen LogP contribution in [0.15, 0.2) is 78.9 Å². The van der Waals surface area contributed by atoms with Gasteiger partial charge in [0.25, 0.3) is 0 Å². The van der Waals surface area contributed by atoms with E-state index >= 15 is 0 Å². The second-order valence-electron chi connectivity index (χ2n) is 8.70. The maximum absolute atomic E-state index is 14.4. The molecule has 0 unspecified atom stereocenters. The molecule has 2 fully saturated rings. The Hall–Kier alpha value is -2.60. The first-order chi connectivity index (χ1) is 15.1. The van der Waals surface area contributed by atoms with Crippen molar-refractivity contribution >= 4 is 0 Å². The molecule has 0 aromatic heterocycles. The Morgan fingerprint density at radius 1 is 0.774 bits per heavy atom. The molecule has 0 amide bonds. The molecule has 5 rings (SSSR count). The van der Waals surface area contributed by atoms with Crippen molar-refractivity contribution in [3.63, 3.8) is 0 Å². The van der Waals surface area contributed by atoms with Gasteiger partial charge < -0.3 is 5.11 Å². The van der Waals surface area contributed by atoms with Crippen molar-refractivity contribution in [2.45, 2.75) is 30.6 Å². The summed E-state index contributed by atoms with van der Waals surface area (Å²) in [5.41, 5.74) is 2.33. The Morgan fingerprint density at radius 2 is 1.32 bits per heavy atom. The quantitative estimate of drug-likeness (QED) is 0.648. The monoisotopic (exact) mass is 420 g/mol. The van der Waals surface area contributed by atoms with Crippen LogP contribution in [0.1, 0.15) is 22.6 Å². The van der Waals surface area contributed by atoms with E-state index in [4.69, 9.17) is 0 Å². The van der Waals surface area contributed by atoms with E-state index in [2.05, 4.69) is 21.9 Å². The molecule has 3 nitrogen and oxygen atoms in total. The Labute approximate surface area is 181 Å². The van der Waals surface area contributed by atoms with Crippen LogP contribution in [0.4, 0.5) is 8.78 Å². The zero-order valence-corrected chi connectivity index (χ0v) is 17.3. The summed E-state index contributed by atoms with van der Waals surface area (Å²) in [5, 5.41) is 10.2. The summed E-state index contributed by atoms with van der Waals surface area (Å²) in [7, 11) is 0. The first-order valence-corrected chi connectivity index (χ1v) is 10.7. The van der Waals surface area contributed by atoms with E-state index in [1.165, 1.54) is 17.7 Å². The predicted molar refractivity (Wildman–Crippen MR) is 116 cm³/mol. The van der Waals surface area contributed by atoms with Crippen LogP contribution in [0.25, 0.3) is 0 Å². The number of aliphatic hydroxyl groups is 1. The Morgan fingerprint density at radius 3 is 1.90 bits per heavy atom. The van der Waals surface area contributed by atoms with Crippen LogP contribution in [0.2, 0.25) is 0 Å². The van der Waals surface area contributed by atoms with Gasteiger partial charge >= 0.3 is 0 Å². The van der Waals surface area contributed by atoms with Gasteiger partial charge in [0.2, 0.25) is 0 Å². The first kappa shape index (κ1) is 20.3. The summed E-state index contributed by atoms with van der Waals surface area (Å²) in [6, 6.07) is 23.9. The summed E-state index contributed by atoms with van der Waals surface area (Å²) < 4.78 is 28.6. The predicted octanol–water partition coefficient (Wildman–Crippen LogP) is 4.18. The normalized spacial score (nSPS) is 22.8. The number of halogens is 2. The highest BCUT2D eigenvalue weighted by atomic mass is 19.1. The molecule has 1 N–H and O–H groups in total. The number of hydrogen-bond donors (Lipinski definition) is 1. The van der Waals surface area contributed by atoms with Crippen LogP contribution in [0.5, 0.6) is 0 Å². The summed E-state index contributed by atoms with van der Waals surface area (Å²) in [6.07, 6.45) is 0. The van der Waals surface area contributed by atoms with Gasteiger partial charge in [-0.15, -0.1) is 0 Å². The molecule has 2 aliphatic rings. The van der Waals surface area contributed by atoms with Crippen LogP contribution >= 0.6 is 0 Å². The highest BCUT2D eigenvalue weighted by Crippen LogP contribution is 2.54. The van der Waals surface area contributed by atoms with Gasteiger partial charge in [-0.05, 0) is 17.7 Å². The third-order valence-corrected chi connectivity index (χ3v) is 6.93. The molecule has 0 aliphatic carbocycles. The number of aliphatic hydroxyl groups excluding tert-OH is 1. The lowest BCUT2D eigenvalue weighted by molar-refractivity contribution is -0.198. The third-order valence-electron chi connectivity index (χ3n) is 6.93. The number of hydrogen-bond acceptors (Lipinski definition) is 3. The topological polar surface area (TPSA) is 26.7 Å². The maximum atomic E-state index is 14.4. The highest BCUT2D eigenvalue weighted by molar-refractivity contribution is 5.37. The minimum Gasteiger partial charge on any atom is -0.395 e. The molecular weight excluding hydrogens is 394 g/mol. The molecule has 0 radical (unpaired) electrons. The molecule has 2 heterocycles. The minimum absolute atomic E-state index is 0.0169. The number of rotatable bonds is 6. The molecule has 2 aliphatic heterocycles. The number of benzene rings is 3. The lowest BCUT2D eigenvalue weighted by Crippen LogP contribution is -2.84. The van der Waals surface area contributed by atoms with Gasteiger partial charge in [0.1, 0.15) is 11.6 Å². The SMILES string of the molecule is OC[C@H]1[C@@H](c2ccccc2)C2(CN(Cc3ccccc3F)C2)N1Cc1ccccc1F. The van der Waals surface area contributed by atoms with Crippen molar-refractivity contribution in [2.24, 2.45) is 0 Å². The lowest BCUT2D eigenvalue weighted by Gasteiger charge is -2.71.